The standard InChI is InChI=1S/C8H22N2OSi/c1-7(2,9)11-12(5,6)8(3,4)10/h9-10H2,1-6H3. The van der Waals surface area contributed by atoms with Gasteiger partial charge in [0.25, 0.3) is 0 Å². The van der Waals surface area contributed by atoms with E-state index in [1.165, 1.54) is 0 Å². The number of hydrogen-bond acceptors (Lipinski definition) is 3. The molecule has 0 saturated carbocycles. The lowest BCUT2D eigenvalue weighted by molar-refractivity contribution is 0.0988. The minimum atomic E-state index is -1.89. The van der Waals surface area contributed by atoms with Crippen LogP contribution in [0.3, 0.4) is 0 Å². The Hall–Kier alpha value is 0.0969. The van der Waals surface area contributed by atoms with E-state index in [0.29, 0.717) is 0 Å². The predicted molar refractivity (Wildman–Crippen MR) is 55.1 cm³/mol. The minimum absolute atomic E-state index is 0.260. The Morgan fingerprint density at radius 3 is 1.42 bits per heavy atom. The maximum Gasteiger partial charge on any atom is 0.208 e. The van der Waals surface area contributed by atoms with Crippen molar-refractivity contribution in [2.45, 2.75) is 51.7 Å². The van der Waals surface area contributed by atoms with Crippen molar-refractivity contribution in [3.63, 3.8) is 0 Å². The number of nitrogens with two attached hydrogens (primary N) is 2. The molecule has 0 spiro atoms. The van der Waals surface area contributed by atoms with Crippen LogP contribution in [0.15, 0.2) is 0 Å². The van der Waals surface area contributed by atoms with Gasteiger partial charge in [-0.05, 0) is 40.8 Å². The fraction of sp³-hybridized carbons (Fsp3) is 1.00. The molecule has 0 aromatic rings. The highest BCUT2D eigenvalue weighted by atomic mass is 28.4. The Morgan fingerprint density at radius 1 is 1.00 bits per heavy atom. The van der Waals surface area contributed by atoms with Crippen LogP contribution < -0.4 is 11.5 Å². The summed E-state index contributed by atoms with van der Waals surface area (Å²) < 4.78 is 5.78. The topological polar surface area (TPSA) is 61.3 Å². The normalized spacial score (nSPS) is 15.0. The Labute approximate surface area is 76.6 Å². The lowest BCUT2D eigenvalue weighted by Gasteiger charge is -2.40. The quantitative estimate of drug-likeness (QED) is 0.519. The van der Waals surface area contributed by atoms with Crippen LogP contribution in [0.1, 0.15) is 27.7 Å². The first-order valence-electron chi connectivity index (χ1n) is 4.24. The molecule has 0 atom stereocenters. The van der Waals surface area contributed by atoms with Crippen LogP contribution in [-0.4, -0.2) is 19.2 Å². The lowest BCUT2D eigenvalue weighted by Crippen LogP contribution is -2.63. The zero-order valence-corrected chi connectivity index (χ0v) is 10.1. The van der Waals surface area contributed by atoms with E-state index in [1.54, 1.807) is 0 Å². The zero-order valence-electron chi connectivity index (χ0n) is 9.06. The lowest BCUT2D eigenvalue weighted by atomic mass is 10.4. The Morgan fingerprint density at radius 2 is 1.33 bits per heavy atom. The second-order valence-corrected chi connectivity index (χ2v) is 9.45. The molecular formula is C8H22N2OSi. The van der Waals surface area contributed by atoms with Crippen molar-refractivity contribution in [1.29, 1.82) is 0 Å². The number of rotatable bonds is 3. The first-order valence-corrected chi connectivity index (χ1v) is 7.14. The van der Waals surface area contributed by atoms with E-state index < -0.39 is 14.0 Å². The van der Waals surface area contributed by atoms with E-state index in [9.17, 15) is 0 Å². The second kappa shape index (κ2) is 3.10. The molecule has 0 aliphatic carbocycles. The molecule has 0 aliphatic rings. The van der Waals surface area contributed by atoms with Gasteiger partial charge in [0.1, 0.15) is 0 Å². The van der Waals surface area contributed by atoms with Crippen molar-refractivity contribution in [3.05, 3.63) is 0 Å². The van der Waals surface area contributed by atoms with Gasteiger partial charge in [-0.15, -0.1) is 0 Å². The van der Waals surface area contributed by atoms with Crippen LogP contribution in [-0.2, 0) is 4.43 Å². The molecule has 0 amide bonds. The van der Waals surface area contributed by atoms with Crippen molar-refractivity contribution in [1.82, 2.24) is 0 Å². The van der Waals surface area contributed by atoms with Gasteiger partial charge in [-0.25, -0.2) is 0 Å². The molecule has 0 aliphatic heterocycles. The van der Waals surface area contributed by atoms with E-state index in [4.69, 9.17) is 15.9 Å². The van der Waals surface area contributed by atoms with Gasteiger partial charge < -0.3 is 15.9 Å². The van der Waals surface area contributed by atoms with Gasteiger partial charge in [-0.2, -0.15) is 0 Å². The molecule has 0 rings (SSSR count). The molecule has 0 fully saturated rings. The Kier molecular flexibility index (Phi) is 3.13. The van der Waals surface area contributed by atoms with Crippen molar-refractivity contribution in [2.24, 2.45) is 11.5 Å². The minimum Gasteiger partial charge on any atom is -0.399 e. The predicted octanol–water partition coefficient (Wildman–Crippen LogP) is 1.18. The fourth-order valence-corrected chi connectivity index (χ4v) is 2.37. The summed E-state index contributed by atoms with van der Waals surface area (Å²) in [5.41, 5.74) is 11.2. The van der Waals surface area contributed by atoms with E-state index in [2.05, 4.69) is 13.1 Å². The van der Waals surface area contributed by atoms with Gasteiger partial charge >= 0.3 is 0 Å². The maximum absolute atomic E-state index is 6.00. The van der Waals surface area contributed by atoms with E-state index in [1.807, 2.05) is 27.7 Å². The van der Waals surface area contributed by atoms with Crippen molar-refractivity contribution in [3.8, 4) is 0 Å². The molecule has 0 aromatic carbocycles. The van der Waals surface area contributed by atoms with Gasteiger partial charge in [0.2, 0.25) is 8.32 Å². The summed E-state index contributed by atoms with van der Waals surface area (Å²) in [6.07, 6.45) is 0. The van der Waals surface area contributed by atoms with Gasteiger partial charge in [-0.1, -0.05) is 0 Å². The monoisotopic (exact) mass is 190 g/mol. The van der Waals surface area contributed by atoms with E-state index in [-0.39, 0.29) is 5.16 Å². The smallest absolute Gasteiger partial charge is 0.208 e. The largest absolute Gasteiger partial charge is 0.399 e. The summed E-state index contributed by atoms with van der Waals surface area (Å²) in [7, 11) is -1.89. The molecule has 0 saturated heterocycles. The summed E-state index contributed by atoms with van der Waals surface area (Å²) in [4.78, 5) is 0. The SMILES string of the molecule is CC(C)(N)O[Si](C)(C)C(C)(C)N. The van der Waals surface area contributed by atoms with Crippen molar-refractivity contribution >= 4 is 8.32 Å². The third-order valence-corrected chi connectivity index (χ3v) is 6.21. The van der Waals surface area contributed by atoms with Gasteiger partial charge in [0, 0.05) is 5.16 Å². The molecular weight excluding hydrogens is 168 g/mol. The summed E-state index contributed by atoms with van der Waals surface area (Å²) in [5.74, 6) is 0. The summed E-state index contributed by atoms with van der Waals surface area (Å²) in [6, 6.07) is 0. The highest BCUT2D eigenvalue weighted by Crippen LogP contribution is 2.22. The molecule has 4 heteroatoms. The second-order valence-electron chi connectivity index (χ2n) is 4.94. The highest BCUT2D eigenvalue weighted by Gasteiger charge is 2.40. The molecule has 3 nitrogen and oxygen atoms in total. The molecule has 0 aromatic heterocycles. The first-order chi connectivity index (χ1) is 4.96. The van der Waals surface area contributed by atoms with E-state index >= 15 is 0 Å². The van der Waals surface area contributed by atoms with Crippen molar-refractivity contribution in [2.75, 3.05) is 0 Å². The summed E-state index contributed by atoms with van der Waals surface area (Å²) in [6.45, 7) is 11.9. The maximum atomic E-state index is 6.00. The Bertz CT molecular complexity index is 155. The van der Waals surface area contributed by atoms with Gasteiger partial charge in [-0.3, -0.25) is 0 Å². The molecule has 4 N–H and O–H groups in total. The van der Waals surface area contributed by atoms with Crippen LogP contribution in [0.4, 0.5) is 0 Å². The zero-order chi connectivity index (χ0) is 10.2. The highest BCUT2D eigenvalue weighted by molar-refractivity contribution is 6.74. The average Bonchev–Trinajstić information content (AvgIpc) is 1.52. The third-order valence-electron chi connectivity index (χ3n) is 2.07. The van der Waals surface area contributed by atoms with Crippen LogP contribution in [0.2, 0.25) is 13.1 Å². The van der Waals surface area contributed by atoms with Crippen LogP contribution in [0.5, 0.6) is 0 Å². The molecule has 74 valence electrons. The fourth-order valence-electron chi connectivity index (χ4n) is 0.789. The van der Waals surface area contributed by atoms with Gasteiger partial charge in [0.05, 0.1) is 5.72 Å². The van der Waals surface area contributed by atoms with Gasteiger partial charge in [0.15, 0.2) is 0 Å². The molecule has 12 heavy (non-hydrogen) atoms. The molecule has 0 heterocycles. The first kappa shape index (κ1) is 12.1. The van der Waals surface area contributed by atoms with E-state index in [0.717, 1.165) is 0 Å². The van der Waals surface area contributed by atoms with Crippen LogP contribution >= 0.6 is 0 Å². The molecule has 0 radical (unpaired) electrons. The molecule has 0 bridgehead atoms. The van der Waals surface area contributed by atoms with Crippen LogP contribution in [0.25, 0.3) is 0 Å². The third kappa shape index (κ3) is 3.67. The van der Waals surface area contributed by atoms with Crippen molar-refractivity contribution < 1.29 is 4.43 Å². The molecule has 0 unspecified atom stereocenters. The number of hydrogen-bond donors (Lipinski definition) is 2. The summed E-state index contributed by atoms with van der Waals surface area (Å²) in [5, 5.41) is -0.260. The van der Waals surface area contributed by atoms with Crippen LogP contribution in [0, 0.1) is 0 Å². The summed E-state index contributed by atoms with van der Waals surface area (Å²) >= 11 is 0. The Balaban J connectivity index is 4.44. The average molecular weight is 190 g/mol.